The Kier molecular flexibility index (Phi) is 4.41. The number of nitro benzene ring substituents is 1. The number of hydrogen-bond donors (Lipinski definition) is 2. The predicted octanol–water partition coefficient (Wildman–Crippen LogP) is 0.879. The van der Waals surface area contributed by atoms with Crippen molar-refractivity contribution in [2.45, 2.75) is 6.92 Å². The lowest BCUT2D eigenvalue weighted by molar-refractivity contribution is -0.384. The molecule has 1 aromatic rings. The largest absolute Gasteiger partial charge is 0.480 e. The average molecular weight is 268 g/mol. The SMILES string of the molecule is Cc1ccc([N+](=O)[O-])cc1N(CC(=O)O)CC(=O)O. The third-order valence-corrected chi connectivity index (χ3v) is 2.40. The Morgan fingerprint density at radius 1 is 1.26 bits per heavy atom. The Hall–Kier alpha value is -2.64. The summed E-state index contributed by atoms with van der Waals surface area (Å²) in [7, 11) is 0. The maximum atomic E-state index is 10.7. The molecule has 0 aliphatic rings. The number of nitrogens with zero attached hydrogens (tertiary/aromatic N) is 2. The van der Waals surface area contributed by atoms with Crippen molar-refractivity contribution in [2.24, 2.45) is 0 Å². The van der Waals surface area contributed by atoms with Crippen LogP contribution in [0, 0.1) is 17.0 Å². The fraction of sp³-hybridized carbons (Fsp3) is 0.273. The van der Waals surface area contributed by atoms with Crippen molar-refractivity contribution in [3.8, 4) is 0 Å². The molecule has 102 valence electrons. The van der Waals surface area contributed by atoms with E-state index < -0.39 is 30.0 Å². The maximum absolute atomic E-state index is 10.7. The average Bonchev–Trinajstić information content (AvgIpc) is 2.27. The number of aliphatic carboxylic acids is 2. The van der Waals surface area contributed by atoms with E-state index in [9.17, 15) is 19.7 Å². The van der Waals surface area contributed by atoms with Crippen LogP contribution in [0.5, 0.6) is 0 Å². The molecule has 2 N–H and O–H groups in total. The molecule has 0 amide bonds. The fourth-order valence-corrected chi connectivity index (χ4v) is 1.60. The minimum Gasteiger partial charge on any atom is -0.480 e. The molecule has 0 saturated heterocycles. The van der Waals surface area contributed by atoms with Gasteiger partial charge in [-0.2, -0.15) is 0 Å². The molecule has 0 aliphatic heterocycles. The Morgan fingerprint density at radius 2 is 1.79 bits per heavy atom. The molecule has 0 saturated carbocycles. The molecule has 0 fully saturated rings. The van der Waals surface area contributed by atoms with E-state index in [2.05, 4.69) is 0 Å². The number of benzene rings is 1. The highest BCUT2D eigenvalue weighted by Crippen LogP contribution is 2.25. The molecule has 0 unspecified atom stereocenters. The lowest BCUT2D eigenvalue weighted by atomic mass is 10.1. The Bertz CT molecular complexity index is 512. The first kappa shape index (κ1) is 14.4. The van der Waals surface area contributed by atoms with E-state index in [-0.39, 0.29) is 11.4 Å². The van der Waals surface area contributed by atoms with Crippen LogP contribution in [0.3, 0.4) is 0 Å². The van der Waals surface area contributed by atoms with E-state index in [0.717, 1.165) is 4.90 Å². The molecule has 0 aliphatic carbocycles. The zero-order chi connectivity index (χ0) is 14.6. The van der Waals surface area contributed by atoms with Crippen molar-refractivity contribution in [2.75, 3.05) is 18.0 Å². The second-order valence-electron chi connectivity index (χ2n) is 3.87. The van der Waals surface area contributed by atoms with E-state index in [1.807, 2.05) is 0 Å². The number of rotatable bonds is 6. The highest BCUT2D eigenvalue weighted by atomic mass is 16.6. The van der Waals surface area contributed by atoms with Crippen molar-refractivity contribution >= 4 is 23.3 Å². The van der Waals surface area contributed by atoms with Gasteiger partial charge in [0.25, 0.3) is 5.69 Å². The van der Waals surface area contributed by atoms with Crippen LogP contribution in [-0.2, 0) is 9.59 Å². The molecule has 0 spiro atoms. The Balaban J connectivity index is 3.19. The summed E-state index contributed by atoms with van der Waals surface area (Å²) < 4.78 is 0. The summed E-state index contributed by atoms with van der Waals surface area (Å²) in [6, 6.07) is 3.89. The van der Waals surface area contributed by atoms with Gasteiger partial charge in [-0.3, -0.25) is 19.7 Å². The standard InChI is InChI=1S/C11H12N2O6/c1-7-2-3-8(13(18)19)4-9(7)12(5-10(14)15)6-11(16)17/h2-4H,5-6H2,1H3,(H,14,15)(H,16,17). The topological polar surface area (TPSA) is 121 Å². The molecular formula is C11H12N2O6. The van der Waals surface area contributed by atoms with Crippen molar-refractivity contribution in [3.63, 3.8) is 0 Å². The zero-order valence-electron chi connectivity index (χ0n) is 10.1. The van der Waals surface area contributed by atoms with Gasteiger partial charge in [-0.1, -0.05) is 6.07 Å². The van der Waals surface area contributed by atoms with E-state index in [1.165, 1.54) is 18.2 Å². The summed E-state index contributed by atoms with van der Waals surface area (Å²) in [5.74, 6) is -2.43. The summed E-state index contributed by atoms with van der Waals surface area (Å²) >= 11 is 0. The van der Waals surface area contributed by atoms with Gasteiger partial charge in [0.15, 0.2) is 0 Å². The third-order valence-electron chi connectivity index (χ3n) is 2.40. The number of carboxylic acids is 2. The van der Waals surface area contributed by atoms with E-state index in [1.54, 1.807) is 6.92 Å². The Morgan fingerprint density at radius 3 is 2.21 bits per heavy atom. The fourth-order valence-electron chi connectivity index (χ4n) is 1.60. The second kappa shape index (κ2) is 5.80. The summed E-state index contributed by atoms with van der Waals surface area (Å²) in [6.45, 7) is 0.526. The molecule has 1 aromatic carbocycles. The first-order chi connectivity index (χ1) is 8.81. The number of carboxylic acid groups (broad SMARTS) is 2. The smallest absolute Gasteiger partial charge is 0.323 e. The number of non-ortho nitro benzene ring substituents is 1. The van der Waals surface area contributed by atoms with Crippen LogP contribution in [0.15, 0.2) is 18.2 Å². The van der Waals surface area contributed by atoms with Gasteiger partial charge in [0.2, 0.25) is 0 Å². The molecule has 0 heterocycles. The number of hydrogen-bond acceptors (Lipinski definition) is 5. The van der Waals surface area contributed by atoms with Crippen LogP contribution < -0.4 is 4.90 Å². The molecular weight excluding hydrogens is 256 g/mol. The van der Waals surface area contributed by atoms with Crippen LogP contribution in [0.25, 0.3) is 0 Å². The Labute approximate surface area is 108 Å². The van der Waals surface area contributed by atoms with Gasteiger partial charge in [0, 0.05) is 17.8 Å². The van der Waals surface area contributed by atoms with Gasteiger partial charge in [0.05, 0.1) is 4.92 Å². The van der Waals surface area contributed by atoms with Crippen LogP contribution in [-0.4, -0.2) is 40.2 Å². The molecule has 8 heteroatoms. The number of carbonyl (C=O) groups is 2. The van der Waals surface area contributed by atoms with E-state index >= 15 is 0 Å². The van der Waals surface area contributed by atoms with Crippen LogP contribution in [0.1, 0.15) is 5.56 Å². The van der Waals surface area contributed by atoms with E-state index in [0.29, 0.717) is 5.56 Å². The number of anilines is 1. The molecule has 0 bridgehead atoms. The van der Waals surface area contributed by atoms with Gasteiger partial charge in [0.1, 0.15) is 13.1 Å². The summed E-state index contributed by atoms with van der Waals surface area (Å²) in [6.07, 6.45) is 0. The quantitative estimate of drug-likeness (QED) is 0.580. The maximum Gasteiger partial charge on any atom is 0.323 e. The zero-order valence-corrected chi connectivity index (χ0v) is 10.1. The van der Waals surface area contributed by atoms with E-state index in [4.69, 9.17) is 10.2 Å². The van der Waals surface area contributed by atoms with Gasteiger partial charge in [-0.15, -0.1) is 0 Å². The lowest BCUT2D eigenvalue weighted by Gasteiger charge is -2.22. The molecule has 19 heavy (non-hydrogen) atoms. The third kappa shape index (κ3) is 3.95. The molecule has 0 atom stereocenters. The van der Waals surface area contributed by atoms with Gasteiger partial charge < -0.3 is 15.1 Å². The summed E-state index contributed by atoms with van der Waals surface area (Å²) in [5, 5.41) is 28.2. The number of nitro groups is 1. The molecule has 0 radical (unpaired) electrons. The molecule has 0 aromatic heterocycles. The van der Waals surface area contributed by atoms with Gasteiger partial charge in [-0.25, -0.2) is 0 Å². The van der Waals surface area contributed by atoms with Gasteiger partial charge >= 0.3 is 11.9 Å². The van der Waals surface area contributed by atoms with Crippen molar-refractivity contribution in [1.29, 1.82) is 0 Å². The normalized spacial score (nSPS) is 9.95. The number of aryl methyl sites for hydroxylation is 1. The lowest BCUT2D eigenvalue weighted by Crippen LogP contribution is -2.34. The minimum absolute atomic E-state index is 0.221. The first-order valence-corrected chi connectivity index (χ1v) is 5.25. The van der Waals surface area contributed by atoms with Crippen LogP contribution in [0.4, 0.5) is 11.4 Å². The van der Waals surface area contributed by atoms with Crippen molar-refractivity contribution in [1.82, 2.24) is 0 Å². The summed E-state index contributed by atoms with van der Waals surface area (Å²) in [4.78, 5) is 32.6. The van der Waals surface area contributed by atoms with Gasteiger partial charge in [-0.05, 0) is 12.5 Å². The highest BCUT2D eigenvalue weighted by Gasteiger charge is 2.18. The van der Waals surface area contributed by atoms with Crippen molar-refractivity contribution < 1.29 is 24.7 Å². The molecule has 8 nitrogen and oxygen atoms in total. The second-order valence-corrected chi connectivity index (χ2v) is 3.87. The predicted molar refractivity (Wildman–Crippen MR) is 65.3 cm³/mol. The van der Waals surface area contributed by atoms with Crippen LogP contribution >= 0.6 is 0 Å². The minimum atomic E-state index is -1.22. The highest BCUT2D eigenvalue weighted by molar-refractivity contribution is 5.80. The summed E-state index contributed by atoms with van der Waals surface area (Å²) in [5.41, 5.74) is 0.563. The van der Waals surface area contributed by atoms with Crippen molar-refractivity contribution in [3.05, 3.63) is 33.9 Å². The van der Waals surface area contributed by atoms with Crippen LogP contribution in [0.2, 0.25) is 0 Å². The monoisotopic (exact) mass is 268 g/mol. The first-order valence-electron chi connectivity index (χ1n) is 5.25. The molecule has 1 rings (SSSR count).